The average Bonchev–Trinajstić information content (AvgIpc) is 3.43. The van der Waals surface area contributed by atoms with E-state index in [1.165, 1.54) is 10.6 Å². The van der Waals surface area contributed by atoms with Gasteiger partial charge >= 0.3 is 0 Å². The number of hydrogen-bond acceptors (Lipinski definition) is 6. The second kappa shape index (κ2) is 9.23. The van der Waals surface area contributed by atoms with Gasteiger partial charge in [-0.05, 0) is 35.4 Å². The summed E-state index contributed by atoms with van der Waals surface area (Å²) in [6.45, 7) is 0.693. The van der Waals surface area contributed by atoms with E-state index in [-0.39, 0.29) is 13.2 Å². The molecule has 0 spiro atoms. The zero-order valence-corrected chi connectivity index (χ0v) is 18.4. The van der Waals surface area contributed by atoms with Crippen LogP contribution in [0.15, 0.2) is 77.4 Å². The smallest absolute Gasteiger partial charge is 0.221 e. The van der Waals surface area contributed by atoms with Crippen LogP contribution in [0.25, 0.3) is 0 Å². The van der Waals surface area contributed by atoms with Crippen LogP contribution in [0.4, 0.5) is 0 Å². The van der Waals surface area contributed by atoms with E-state index >= 15 is 0 Å². The fourth-order valence-corrected chi connectivity index (χ4v) is 5.40. The molecule has 2 aromatic carbocycles. The Morgan fingerprint density at radius 2 is 1.90 bits per heavy atom. The van der Waals surface area contributed by atoms with Crippen molar-refractivity contribution in [2.45, 2.75) is 24.4 Å². The molecule has 7 nitrogen and oxygen atoms in total. The summed E-state index contributed by atoms with van der Waals surface area (Å²) in [5.74, 6) is 1.27. The molecule has 0 amide bonds. The number of sulfonamides is 1. The Balaban J connectivity index is 1.53. The fourth-order valence-electron chi connectivity index (χ4n) is 3.74. The molecule has 0 N–H and O–H groups in total. The van der Waals surface area contributed by atoms with Gasteiger partial charge < -0.3 is 9.15 Å². The Bertz CT molecular complexity index is 1090. The number of rotatable bonds is 8. The van der Waals surface area contributed by atoms with Gasteiger partial charge in [0.1, 0.15) is 23.4 Å². The number of hydrogen-bond donors (Lipinski definition) is 0. The largest absolute Gasteiger partial charge is 0.489 e. The minimum atomic E-state index is -3.65. The molecule has 8 heteroatoms. The minimum absolute atomic E-state index is 0.0844. The summed E-state index contributed by atoms with van der Waals surface area (Å²) in [5, 5.41) is 0.862. The molecule has 4 rings (SSSR count). The maximum Gasteiger partial charge on any atom is 0.221 e. The van der Waals surface area contributed by atoms with Gasteiger partial charge in [-0.15, -0.1) is 0 Å². The van der Waals surface area contributed by atoms with Crippen LogP contribution in [-0.4, -0.2) is 43.7 Å². The van der Waals surface area contributed by atoms with E-state index in [9.17, 15) is 8.42 Å². The van der Waals surface area contributed by atoms with Gasteiger partial charge in [0.05, 0.1) is 25.5 Å². The highest BCUT2D eigenvalue weighted by Gasteiger charge is 2.45. The van der Waals surface area contributed by atoms with Crippen molar-refractivity contribution < 1.29 is 22.4 Å². The number of furan rings is 1. The van der Waals surface area contributed by atoms with Crippen molar-refractivity contribution in [1.82, 2.24) is 9.37 Å². The van der Waals surface area contributed by atoms with Crippen LogP contribution in [0.1, 0.15) is 22.9 Å². The molecule has 0 radical (unpaired) electrons. The fraction of sp³-hybridized carbons (Fsp3) is 0.304. The molecule has 164 valence electrons. The second-order valence-corrected chi connectivity index (χ2v) is 9.81. The zero-order chi connectivity index (χ0) is 21.8. The Kier molecular flexibility index (Phi) is 6.43. The summed E-state index contributed by atoms with van der Waals surface area (Å²) in [6, 6.07) is 20.5. The molecule has 1 aliphatic heterocycles. The first-order valence-corrected chi connectivity index (χ1v) is 11.6. The van der Waals surface area contributed by atoms with Crippen molar-refractivity contribution in [2.24, 2.45) is 0 Å². The Morgan fingerprint density at radius 1 is 1.10 bits per heavy atom. The van der Waals surface area contributed by atoms with Crippen LogP contribution >= 0.6 is 0 Å². The van der Waals surface area contributed by atoms with Crippen LogP contribution in [-0.2, 0) is 28.0 Å². The molecule has 1 fully saturated rings. The van der Waals surface area contributed by atoms with Crippen molar-refractivity contribution in [3.05, 3.63) is 89.9 Å². The van der Waals surface area contributed by atoms with Crippen molar-refractivity contribution in [3.63, 3.8) is 0 Å². The van der Waals surface area contributed by atoms with Gasteiger partial charge in [0.15, 0.2) is 0 Å². The summed E-state index contributed by atoms with van der Waals surface area (Å²) in [6.07, 6.45) is 1.53. The summed E-state index contributed by atoms with van der Waals surface area (Å²) < 4.78 is 39.2. The topological polar surface area (TPSA) is 72.2 Å². The van der Waals surface area contributed by atoms with Crippen molar-refractivity contribution >= 4 is 10.0 Å². The quantitative estimate of drug-likeness (QED) is 0.531. The van der Waals surface area contributed by atoms with Gasteiger partial charge in [0, 0.05) is 14.1 Å². The van der Waals surface area contributed by atoms with Gasteiger partial charge in [-0.25, -0.2) is 8.42 Å². The number of benzene rings is 2. The van der Waals surface area contributed by atoms with Gasteiger partial charge in [-0.1, -0.05) is 42.5 Å². The van der Waals surface area contributed by atoms with E-state index in [0.717, 1.165) is 11.1 Å². The lowest BCUT2D eigenvalue weighted by atomic mass is 10.0. The molecule has 2 atom stereocenters. The Morgan fingerprint density at radius 3 is 2.65 bits per heavy atom. The molecular formula is C23H26N2O5S. The van der Waals surface area contributed by atoms with Gasteiger partial charge in [0.25, 0.3) is 0 Å². The van der Waals surface area contributed by atoms with E-state index in [2.05, 4.69) is 0 Å². The van der Waals surface area contributed by atoms with Crippen LogP contribution in [0.5, 0.6) is 5.75 Å². The maximum atomic E-state index is 13.3. The molecule has 1 aromatic heterocycles. The van der Waals surface area contributed by atoms with E-state index in [4.69, 9.17) is 14.0 Å². The molecule has 0 bridgehead atoms. The Hall–Kier alpha value is -2.65. The first-order chi connectivity index (χ1) is 14.9. The number of nitrogens with zero attached hydrogens (tertiary/aromatic N) is 2. The summed E-state index contributed by atoms with van der Waals surface area (Å²) in [7, 11) is -0.331. The third kappa shape index (κ3) is 4.83. The van der Waals surface area contributed by atoms with Crippen LogP contribution in [0.2, 0.25) is 0 Å². The van der Waals surface area contributed by atoms with Gasteiger partial charge in [-0.3, -0.25) is 4.84 Å². The molecule has 0 saturated carbocycles. The normalized spacial score (nSPS) is 19.7. The average molecular weight is 443 g/mol. The highest BCUT2D eigenvalue weighted by molar-refractivity contribution is 7.89. The van der Waals surface area contributed by atoms with E-state index < -0.39 is 21.3 Å². The number of ether oxygens (including phenoxy) is 1. The lowest BCUT2D eigenvalue weighted by molar-refractivity contribution is -0.110. The van der Waals surface area contributed by atoms with Crippen LogP contribution in [0, 0.1) is 0 Å². The van der Waals surface area contributed by atoms with Crippen molar-refractivity contribution in [1.29, 1.82) is 0 Å². The number of hydroxylamine groups is 2. The maximum absolute atomic E-state index is 13.3. The molecule has 31 heavy (non-hydrogen) atoms. The molecule has 2 heterocycles. The Labute approximate surface area is 182 Å². The van der Waals surface area contributed by atoms with Crippen LogP contribution < -0.4 is 4.74 Å². The lowest BCUT2D eigenvalue weighted by Gasteiger charge is -2.26. The third-order valence-electron chi connectivity index (χ3n) is 5.41. The SMILES string of the molecule is CN1OC[C@@H](S(=O)(=O)N(C)Cc2ccco2)[C@@H]1c1cccc(OCc2ccccc2)c1. The first kappa shape index (κ1) is 21.6. The summed E-state index contributed by atoms with van der Waals surface area (Å²) >= 11 is 0. The molecule has 1 aliphatic rings. The standard InChI is InChI=1S/C23H26N2O5S/c1-24(15-21-12-7-13-28-21)31(26,27)22-17-30-25(2)23(22)19-10-6-11-20(14-19)29-16-18-8-4-3-5-9-18/h3-14,22-23H,15-17H2,1-2H3/t22-,23+/m1/s1. The predicted octanol–water partition coefficient (Wildman–Crippen LogP) is 3.61. The molecule has 3 aromatic rings. The van der Waals surface area contributed by atoms with E-state index in [1.807, 2.05) is 54.6 Å². The molecule has 0 unspecified atom stereocenters. The van der Waals surface area contributed by atoms with Gasteiger partial charge in [-0.2, -0.15) is 9.37 Å². The monoisotopic (exact) mass is 442 g/mol. The van der Waals surface area contributed by atoms with Gasteiger partial charge in [0.2, 0.25) is 10.0 Å². The third-order valence-corrected chi connectivity index (χ3v) is 7.57. The predicted molar refractivity (Wildman–Crippen MR) is 117 cm³/mol. The summed E-state index contributed by atoms with van der Waals surface area (Å²) in [4.78, 5) is 5.64. The second-order valence-electron chi connectivity index (χ2n) is 7.55. The minimum Gasteiger partial charge on any atom is -0.489 e. The molecule has 0 aliphatic carbocycles. The highest BCUT2D eigenvalue weighted by Crippen LogP contribution is 2.36. The van der Waals surface area contributed by atoms with Crippen molar-refractivity contribution in [2.75, 3.05) is 20.7 Å². The first-order valence-electron chi connectivity index (χ1n) is 10.0. The highest BCUT2D eigenvalue weighted by atomic mass is 32.2. The van der Waals surface area contributed by atoms with Crippen LogP contribution in [0.3, 0.4) is 0 Å². The summed E-state index contributed by atoms with van der Waals surface area (Å²) in [5.41, 5.74) is 1.89. The zero-order valence-electron chi connectivity index (χ0n) is 17.5. The van der Waals surface area contributed by atoms with E-state index in [0.29, 0.717) is 18.1 Å². The van der Waals surface area contributed by atoms with Crippen molar-refractivity contribution in [3.8, 4) is 5.75 Å². The lowest BCUT2D eigenvalue weighted by Crippen LogP contribution is -2.40. The molecule has 1 saturated heterocycles. The van der Waals surface area contributed by atoms with E-state index in [1.54, 1.807) is 31.3 Å². The molecular weight excluding hydrogens is 416 g/mol.